The molecule has 0 saturated heterocycles. The fourth-order valence-electron chi connectivity index (χ4n) is 16.4. The predicted molar refractivity (Wildman–Crippen MR) is 573 cm³/mol. The average molecular weight is 2360 g/mol. The SMILES string of the molecule is CC(=O)c1c(O)ccc2cc(Br)ccc12.CC(=O)c1c(O)ccc2cc(Br)ccc12.CCCc1noc2ccc3cc(Br)ccc3c12.COCCCC(=O)c1ccc2c(ccc3onc(C4CCC(=O)CC4=O)c32)c1.COc1ccc2cc(Br)ccc2c1.COc1ccc2cc(Br)ccc2c1C(C)=O.Cc1noc2ccc3cc(Br)ccc3c12.O=C=O.O=C=O.O=c1cc(O)c2c(ccc3cc(Br)ccc32)o1. The Labute approximate surface area is 869 Å². The van der Waals surface area contributed by atoms with Crippen LogP contribution >= 0.6 is 112 Å². The van der Waals surface area contributed by atoms with Crippen molar-refractivity contribution < 1.29 is 95.5 Å². The number of aromatic hydroxyl groups is 3. The number of carbonyl (C=O) groups is 6. The van der Waals surface area contributed by atoms with E-state index in [1.807, 2.05) is 165 Å². The summed E-state index contributed by atoms with van der Waals surface area (Å²) in [5.74, 6) is 0.857. The van der Waals surface area contributed by atoms with E-state index in [1.54, 1.807) is 64.7 Å². The maximum Gasteiger partial charge on any atom is 0.373 e. The Balaban J connectivity index is 0.000000145. The Morgan fingerprint density at radius 3 is 1.28 bits per heavy atom. The highest BCUT2D eigenvalue weighted by Crippen LogP contribution is 2.41. The highest BCUT2D eigenvalue weighted by atomic mass is 79.9. The number of benzene rings is 16. The van der Waals surface area contributed by atoms with Crippen molar-refractivity contribution in [1.29, 1.82) is 0 Å². The lowest BCUT2D eigenvalue weighted by Gasteiger charge is -2.18. The third-order valence-electron chi connectivity index (χ3n) is 22.7. The first-order valence-electron chi connectivity index (χ1n) is 43.7. The first-order valence-corrected chi connectivity index (χ1v) is 49.3. The van der Waals surface area contributed by atoms with Crippen LogP contribution in [-0.2, 0) is 39.9 Å². The number of rotatable bonds is 13. The molecule has 24 nitrogen and oxygen atoms in total. The lowest BCUT2D eigenvalue weighted by Crippen LogP contribution is -2.23. The molecule has 31 heteroatoms. The summed E-state index contributed by atoms with van der Waals surface area (Å²) in [6.07, 6.45) is 4.47. The predicted octanol–water partition coefficient (Wildman–Crippen LogP) is 29.4. The normalized spacial score (nSPS) is 11.8. The smallest absolute Gasteiger partial charge is 0.373 e. The van der Waals surface area contributed by atoms with Crippen LogP contribution in [0.5, 0.6) is 28.7 Å². The number of ketones is 6. The molecule has 0 radical (unpaired) electrons. The molecule has 21 rings (SSSR count). The number of fused-ring (bicyclic) bond motifs is 16. The summed E-state index contributed by atoms with van der Waals surface area (Å²) >= 11 is 23.9. The Morgan fingerprint density at radius 1 is 0.408 bits per heavy atom. The van der Waals surface area contributed by atoms with Crippen LogP contribution in [0.15, 0.2) is 309 Å². The molecule has 0 bridgehead atoms. The van der Waals surface area contributed by atoms with E-state index in [9.17, 15) is 48.9 Å². The van der Waals surface area contributed by atoms with Gasteiger partial charge in [-0.1, -0.05) is 243 Å². The van der Waals surface area contributed by atoms with Crippen LogP contribution in [0.25, 0.3) is 130 Å². The van der Waals surface area contributed by atoms with Crippen molar-refractivity contribution in [2.24, 2.45) is 0 Å². The Hall–Kier alpha value is -13.7. The maximum atomic E-state index is 12.4. The minimum absolute atomic E-state index is 0.0180. The van der Waals surface area contributed by atoms with Crippen molar-refractivity contribution in [1.82, 2.24) is 15.5 Å². The van der Waals surface area contributed by atoms with Gasteiger partial charge in [0, 0.05) is 63.4 Å². The molecule has 720 valence electrons. The molecule has 0 aliphatic heterocycles. The molecule has 1 aliphatic carbocycles. The molecule has 4 aromatic heterocycles. The van der Waals surface area contributed by atoms with Crippen LogP contribution in [0.1, 0.15) is 131 Å². The monoisotopic (exact) mass is 2350 g/mol. The minimum Gasteiger partial charge on any atom is -0.507 e. The van der Waals surface area contributed by atoms with E-state index in [0.717, 1.165) is 149 Å². The number of Topliss-reactive ketones (excluding diaryl/α,β-unsaturated/α-hetero) is 6. The van der Waals surface area contributed by atoms with Crippen molar-refractivity contribution in [2.45, 2.75) is 85.5 Å². The number of nitrogens with zero attached hydrogens (tertiary/aromatic N) is 3. The van der Waals surface area contributed by atoms with Gasteiger partial charge in [-0.25, -0.2) is 4.79 Å². The van der Waals surface area contributed by atoms with E-state index in [4.69, 9.17) is 51.4 Å². The summed E-state index contributed by atoms with van der Waals surface area (Å²) in [7, 11) is 4.88. The van der Waals surface area contributed by atoms with E-state index in [-0.39, 0.29) is 70.7 Å². The number of phenolic OH excluding ortho intramolecular Hbond substituents is 2. The van der Waals surface area contributed by atoms with E-state index in [1.165, 1.54) is 46.2 Å². The van der Waals surface area contributed by atoms with Crippen LogP contribution < -0.4 is 15.1 Å². The second kappa shape index (κ2) is 50.1. The first kappa shape index (κ1) is 107. The van der Waals surface area contributed by atoms with Crippen LogP contribution in [-0.4, -0.2) is 106 Å². The molecular formula is C111H86Br7N3O21. The summed E-state index contributed by atoms with van der Waals surface area (Å²) in [5.41, 5.74) is 6.85. The van der Waals surface area contributed by atoms with Gasteiger partial charge in [-0.3, -0.25) is 28.8 Å². The number of methoxy groups -OCH3 is 3. The molecule has 3 N–H and O–H groups in total. The molecule has 1 fully saturated rings. The summed E-state index contributed by atoms with van der Waals surface area (Å²) in [6.45, 7) is 9.14. The number of hydrogen-bond donors (Lipinski definition) is 3. The largest absolute Gasteiger partial charge is 0.507 e. The number of halogens is 7. The van der Waals surface area contributed by atoms with E-state index in [2.05, 4.69) is 189 Å². The van der Waals surface area contributed by atoms with Crippen molar-refractivity contribution in [3.8, 4) is 28.7 Å². The molecule has 1 aliphatic rings. The van der Waals surface area contributed by atoms with E-state index < -0.39 is 11.5 Å². The zero-order chi connectivity index (χ0) is 102. The summed E-state index contributed by atoms with van der Waals surface area (Å²) in [4.78, 5) is 114. The van der Waals surface area contributed by atoms with Crippen molar-refractivity contribution in [2.75, 3.05) is 27.9 Å². The molecule has 0 spiro atoms. The number of hydrogen-bond acceptors (Lipinski definition) is 24. The van der Waals surface area contributed by atoms with Crippen LogP contribution in [0.3, 0.4) is 0 Å². The third kappa shape index (κ3) is 26.4. The number of aryl methyl sites for hydroxylation is 2. The molecular weight excluding hydrogens is 2270 g/mol. The molecule has 16 aromatic carbocycles. The number of aromatic nitrogens is 3. The second-order valence-corrected chi connectivity index (χ2v) is 38.5. The van der Waals surface area contributed by atoms with Gasteiger partial charge >= 0.3 is 17.9 Å². The van der Waals surface area contributed by atoms with E-state index >= 15 is 0 Å². The zero-order valence-electron chi connectivity index (χ0n) is 77.2. The molecule has 1 saturated carbocycles. The molecule has 142 heavy (non-hydrogen) atoms. The standard InChI is InChI=1S/C22H21NO5.C14H12BrNO.C13H7BrO3.C13H11BrO2.C12H8BrNO.2C12H9BrO2.C11H9BrO.2CO2/c1-27-10-2-3-18(25)14-4-7-16-13(11-14)5-9-20-21(16)22(23-28-20)17-8-6-15(24)12-19(17)26;1-2-3-12-14-11-6-5-10(15)8-9(11)4-7-13(14)17-16-12;14-8-2-3-9-7(5-8)1-4-11-13(9)10(15)6-12(16)17-11;1-8(15)13-11-5-4-10(14)7-9(11)3-6-12(13)16-2;1-7-12-10-4-3-9(13)6-8(10)2-5-11(12)15-14-7;2*1-7(14)12-10-4-3-9(13)6-8(10)2-5-11(12)15;1-13-11-5-3-8-6-10(12)4-2-9(8)7-11;2*2-1-3/h4-5,7,9,11,17H,2-3,6,8,10,12H2,1H3;4-8H,2-3H2,1H3;1-6,15H;3-7H,1-2H3;2-6H,1H3;2*2-6,15H,1H3;2-7H,1H3;;. The lowest BCUT2D eigenvalue weighted by molar-refractivity contribution is -0.193. The quantitative estimate of drug-likeness (QED) is 0.0317. The molecule has 1 unspecified atom stereocenters. The second-order valence-electron chi connectivity index (χ2n) is 32.1. The average Bonchev–Trinajstić information content (AvgIpc) is 1.55. The Morgan fingerprint density at radius 2 is 0.796 bits per heavy atom. The molecule has 4 heterocycles. The molecule has 0 amide bonds. The van der Waals surface area contributed by atoms with Gasteiger partial charge < -0.3 is 47.5 Å². The highest BCUT2D eigenvalue weighted by molar-refractivity contribution is 9.11. The van der Waals surface area contributed by atoms with Crippen molar-refractivity contribution in [3.63, 3.8) is 0 Å². The minimum atomic E-state index is -0.550. The van der Waals surface area contributed by atoms with Gasteiger partial charge in [-0.2, -0.15) is 19.2 Å². The van der Waals surface area contributed by atoms with Crippen LogP contribution in [0.2, 0.25) is 0 Å². The van der Waals surface area contributed by atoms with Crippen LogP contribution in [0, 0.1) is 6.92 Å². The van der Waals surface area contributed by atoms with Gasteiger partial charge in [0.25, 0.3) is 0 Å². The number of ether oxygens (including phenoxy) is 3. The molecule has 1 atom stereocenters. The fourth-order valence-corrected chi connectivity index (χ4v) is 19.1. The van der Waals surface area contributed by atoms with Gasteiger partial charge in [0.2, 0.25) is 0 Å². The van der Waals surface area contributed by atoms with Crippen molar-refractivity contribution in [3.05, 3.63) is 336 Å². The fraction of sp³-hybridized carbons (Fsp3) is 0.153. The summed E-state index contributed by atoms with van der Waals surface area (Å²) in [6, 6.07) is 79.9. The lowest BCUT2D eigenvalue weighted by atomic mass is 9.83. The van der Waals surface area contributed by atoms with Crippen LogP contribution in [0.4, 0.5) is 0 Å². The Kier molecular flexibility index (Phi) is 37.8. The number of carbonyl (C=O) groups excluding carboxylic acids is 10. The topological polar surface area (TPSA) is 367 Å². The molecule has 20 aromatic rings. The van der Waals surface area contributed by atoms with Gasteiger partial charge in [-0.05, 0) is 279 Å². The highest BCUT2D eigenvalue weighted by Gasteiger charge is 2.33. The zero-order valence-corrected chi connectivity index (χ0v) is 88.3. The summed E-state index contributed by atoms with van der Waals surface area (Å²) in [5, 5.41) is 61.3. The Bertz CT molecular complexity index is 8230. The van der Waals surface area contributed by atoms with Gasteiger partial charge in [-0.15, -0.1) is 0 Å². The van der Waals surface area contributed by atoms with E-state index in [0.29, 0.717) is 82.5 Å². The summed E-state index contributed by atoms with van der Waals surface area (Å²) < 4.78 is 43.6. The maximum absolute atomic E-state index is 12.4. The van der Waals surface area contributed by atoms with Crippen molar-refractivity contribution >= 4 is 289 Å². The van der Waals surface area contributed by atoms with Gasteiger partial charge in [0.15, 0.2) is 39.9 Å². The van der Waals surface area contributed by atoms with Gasteiger partial charge in [0.1, 0.15) is 51.6 Å². The first-order chi connectivity index (χ1) is 68.2. The number of phenols is 2. The van der Waals surface area contributed by atoms with Gasteiger partial charge in [0.05, 0.1) is 82.2 Å². The third-order valence-corrected chi connectivity index (χ3v) is 26.2.